The summed E-state index contributed by atoms with van der Waals surface area (Å²) in [6.07, 6.45) is 0. The minimum atomic E-state index is 0.00931. The lowest BCUT2D eigenvalue weighted by atomic mass is 10.2. The van der Waals surface area contributed by atoms with Gasteiger partial charge in [0.1, 0.15) is 5.75 Å². The first-order chi connectivity index (χ1) is 9.13. The van der Waals surface area contributed by atoms with Gasteiger partial charge in [0.05, 0.1) is 14.2 Å². The first kappa shape index (κ1) is 12.7. The summed E-state index contributed by atoms with van der Waals surface area (Å²) in [6, 6.07) is 8.53. The molecule has 19 heavy (non-hydrogen) atoms. The fourth-order valence-electron chi connectivity index (χ4n) is 1.55. The molecule has 0 spiro atoms. The van der Waals surface area contributed by atoms with E-state index in [9.17, 15) is 5.11 Å². The lowest BCUT2D eigenvalue weighted by Crippen LogP contribution is -1.80. The first-order valence-corrected chi connectivity index (χ1v) is 7.20. The molecule has 1 aromatic carbocycles. The number of phenols is 1. The Morgan fingerprint density at radius 1 is 1.26 bits per heavy atom. The van der Waals surface area contributed by atoms with Crippen molar-refractivity contribution < 1.29 is 9.63 Å². The predicted molar refractivity (Wildman–Crippen MR) is 77.4 cm³/mol. The van der Waals surface area contributed by atoms with Crippen LogP contribution < -0.4 is 0 Å². The fourth-order valence-corrected chi connectivity index (χ4v) is 3.03. The number of aromatic nitrogens is 2. The zero-order valence-electron chi connectivity index (χ0n) is 9.30. The number of rotatable bonds is 2. The maximum atomic E-state index is 9.81. The first-order valence-electron chi connectivity index (χ1n) is 5.22. The van der Waals surface area contributed by atoms with Crippen LogP contribution in [0.15, 0.2) is 38.6 Å². The van der Waals surface area contributed by atoms with E-state index in [0.717, 1.165) is 8.66 Å². The third-order valence-electron chi connectivity index (χ3n) is 2.41. The quantitative estimate of drug-likeness (QED) is 0.729. The Labute approximate surface area is 125 Å². The molecule has 4 nitrogen and oxygen atoms in total. The molecule has 0 aliphatic rings. The van der Waals surface area contributed by atoms with E-state index in [4.69, 9.17) is 16.1 Å². The average molecular weight is 358 g/mol. The van der Waals surface area contributed by atoms with Crippen LogP contribution in [-0.4, -0.2) is 15.2 Å². The third-order valence-corrected chi connectivity index (χ3v) is 4.26. The molecule has 0 saturated carbocycles. The van der Waals surface area contributed by atoms with E-state index < -0.39 is 0 Å². The van der Waals surface area contributed by atoms with Gasteiger partial charge in [-0.15, -0.1) is 11.3 Å². The molecule has 0 saturated heterocycles. The summed E-state index contributed by atoms with van der Waals surface area (Å²) in [6.45, 7) is 0. The second kappa shape index (κ2) is 4.96. The smallest absolute Gasteiger partial charge is 0.262 e. The number of hydrogen-bond donors (Lipinski definition) is 1. The molecule has 2 heterocycles. The summed E-state index contributed by atoms with van der Waals surface area (Å²) < 4.78 is 6.15. The molecule has 0 amide bonds. The highest BCUT2D eigenvalue weighted by Gasteiger charge is 2.15. The van der Waals surface area contributed by atoms with Crippen LogP contribution in [0.3, 0.4) is 0 Å². The van der Waals surface area contributed by atoms with Gasteiger partial charge in [0.2, 0.25) is 5.82 Å². The zero-order valence-corrected chi connectivity index (χ0v) is 12.5. The van der Waals surface area contributed by atoms with Crippen LogP contribution in [0.25, 0.3) is 22.2 Å². The Morgan fingerprint density at radius 2 is 2.11 bits per heavy atom. The van der Waals surface area contributed by atoms with Gasteiger partial charge in [0.15, 0.2) is 0 Å². The molecular weight excluding hydrogens is 352 g/mol. The van der Waals surface area contributed by atoms with Gasteiger partial charge in [0.25, 0.3) is 5.89 Å². The molecule has 1 N–H and O–H groups in total. The topological polar surface area (TPSA) is 59.2 Å². The molecule has 0 unspecified atom stereocenters. The normalized spacial score (nSPS) is 10.8. The van der Waals surface area contributed by atoms with Crippen molar-refractivity contribution in [1.82, 2.24) is 10.1 Å². The fraction of sp³-hybridized carbons (Fsp3) is 0. The molecule has 2 aromatic heterocycles. The van der Waals surface area contributed by atoms with Crippen molar-refractivity contribution in [2.45, 2.75) is 0 Å². The molecule has 0 atom stereocenters. The van der Waals surface area contributed by atoms with Crippen LogP contribution >= 0.6 is 38.9 Å². The number of phenolic OH excluding ortho intramolecular Hbond substituents is 1. The van der Waals surface area contributed by atoms with Gasteiger partial charge in [0, 0.05) is 5.02 Å². The van der Waals surface area contributed by atoms with Crippen LogP contribution in [0, 0.1) is 0 Å². The van der Waals surface area contributed by atoms with Crippen LogP contribution in [0.4, 0.5) is 0 Å². The van der Waals surface area contributed by atoms with E-state index in [-0.39, 0.29) is 11.6 Å². The van der Waals surface area contributed by atoms with Crippen molar-refractivity contribution in [3.05, 3.63) is 39.1 Å². The predicted octanol–water partition coefficient (Wildman–Crippen LogP) is 4.59. The summed E-state index contributed by atoms with van der Waals surface area (Å²) >= 11 is 10.7. The molecule has 0 bridgehead atoms. The molecule has 3 rings (SSSR count). The molecule has 0 radical (unpaired) electrons. The number of halogens is 2. The van der Waals surface area contributed by atoms with Crippen LogP contribution in [-0.2, 0) is 0 Å². The molecule has 96 valence electrons. The van der Waals surface area contributed by atoms with Crippen LogP contribution in [0.5, 0.6) is 5.75 Å². The molecular formula is C12H6BrClN2O2S. The van der Waals surface area contributed by atoms with Gasteiger partial charge in [-0.1, -0.05) is 16.8 Å². The maximum absolute atomic E-state index is 9.81. The zero-order chi connectivity index (χ0) is 13.4. The molecule has 3 aromatic rings. The number of hydrogen-bond acceptors (Lipinski definition) is 5. The van der Waals surface area contributed by atoms with Crippen molar-refractivity contribution in [2.75, 3.05) is 0 Å². The average Bonchev–Trinajstić information content (AvgIpc) is 2.97. The number of benzene rings is 1. The highest BCUT2D eigenvalue weighted by atomic mass is 79.9. The summed E-state index contributed by atoms with van der Waals surface area (Å²) in [5, 5.41) is 14.2. The third kappa shape index (κ3) is 2.51. The summed E-state index contributed by atoms with van der Waals surface area (Å²) in [4.78, 5) is 5.15. The summed E-state index contributed by atoms with van der Waals surface area (Å²) in [7, 11) is 0. The minimum absolute atomic E-state index is 0.00931. The van der Waals surface area contributed by atoms with E-state index >= 15 is 0 Å². The van der Waals surface area contributed by atoms with E-state index in [1.807, 2.05) is 12.1 Å². The minimum Gasteiger partial charge on any atom is -0.507 e. The van der Waals surface area contributed by atoms with Gasteiger partial charge in [-0.05, 0) is 46.3 Å². The Bertz CT molecular complexity index is 741. The molecule has 0 aliphatic carbocycles. The number of thiophene rings is 1. The summed E-state index contributed by atoms with van der Waals surface area (Å²) in [5.74, 6) is 0.754. The monoisotopic (exact) mass is 356 g/mol. The van der Waals surface area contributed by atoms with Crippen molar-refractivity contribution in [2.24, 2.45) is 0 Å². The Balaban J connectivity index is 2.01. The van der Waals surface area contributed by atoms with E-state index in [1.54, 1.807) is 12.1 Å². The lowest BCUT2D eigenvalue weighted by molar-refractivity contribution is 0.426. The SMILES string of the molecule is Oc1cc(Cl)ccc1-c1nc(-c2ccc(Br)s2)no1. The maximum Gasteiger partial charge on any atom is 0.262 e. The van der Waals surface area contributed by atoms with Gasteiger partial charge >= 0.3 is 0 Å². The van der Waals surface area contributed by atoms with Crippen molar-refractivity contribution in [3.8, 4) is 27.9 Å². The Kier molecular flexibility index (Phi) is 3.30. The lowest BCUT2D eigenvalue weighted by Gasteiger charge is -1.98. The van der Waals surface area contributed by atoms with Gasteiger partial charge in [-0.2, -0.15) is 4.98 Å². The van der Waals surface area contributed by atoms with Crippen molar-refractivity contribution >= 4 is 38.9 Å². The molecule has 0 fully saturated rings. The van der Waals surface area contributed by atoms with Crippen LogP contribution in [0.1, 0.15) is 0 Å². The summed E-state index contributed by atoms with van der Waals surface area (Å²) in [5.41, 5.74) is 0.457. The van der Waals surface area contributed by atoms with E-state index in [1.165, 1.54) is 17.4 Å². The van der Waals surface area contributed by atoms with Crippen LogP contribution in [0.2, 0.25) is 5.02 Å². The van der Waals surface area contributed by atoms with E-state index in [2.05, 4.69) is 26.1 Å². The molecule has 7 heteroatoms. The second-order valence-electron chi connectivity index (χ2n) is 3.69. The largest absolute Gasteiger partial charge is 0.507 e. The number of nitrogens with zero attached hydrogens (tertiary/aromatic N) is 2. The van der Waals surface area contributed by atoms with Gasteiger partial charge in [-0.3, -0.25) is 0 Å². The van der Waals surface area contributed by atoms with E-state index in [0.29, 0.717) is 16.4 Å². The standard InChI is InChI=1S/C12H6BrClN2O2S/c13-10-4-3-9(19-10)11-15-12(18-16-11)7-2-1-6(14)5-8(7)17/h1-5,17H. The highest BCUT2D eigenvalue weighted by molar-refractivity contribution is 9.11. The van der Waals surface area contributed by atoms with Crippen molar-refractivity contribution in [1.29, 1.82) is 0 Å². The Hall–Kier alpha value is -1.37. The second-order valence-corrected chi connectivity index (χ2v) is 6.59. The van der Waals surface area contributed by atoms with Gasteiger partial charge in [-0.25, -0.2) is 0 Å². The van der Waals surface area contributed by atoms with Crippen molar-refractivity contribution in [3.63, 3.8) is 0 Å². The molecule has 0 aliphatic heterocycles. The Morgan fingerprint density at radius 3 is 2.79 bits per heavy atom. The highest BCUT2D eigenvalue weighted by Crippen LogP contribution is 2.34. The van der Waals surface area contributed by atoms with Gasteiger partial charge < -0.3 is 9.63 Å². The number of aromatic hydroxyl groups is 1.